The molecule has 0 spiro atoms. The van der Waals surface area contributed by atoms with Gasteiger partial charge in [-0.2, -0.15) is 0 Å². The Bertz CT molecular complexity index is 141. The predicted octanol–water partition coefficient (Wildman–Crippen LogP) is 2.53. The molecule has 1 fully saturated rings. The van der Waals surface area contributed by atoms with Crippen molar-refractivity contribution < 1.29 is 25.8 Å². The summed E-state index contributed by atoms with van der Waals surface area (Å²) in [6, 6.07) is 0. The van der Waals surface area contributed by atoms with Crippen molar-refractivity contribution in [3.63, 3.8) is 0 Å². The van der Waals surface area contributed by atoms with Crippen LogP contribution in [0.15, 0.2) is 12.3 Å². The van der Waals surface area contributed by atoms with E-state index in [1.54, 1.807) is 0 Å². The smallest absolute Gasteiger partial charge is 0.104 e. The van der Waals surface area contributed by atoms with E-state index in [4.69, 9.17) is 4.74 Å². The van der Waals surface area contributed by atoms with E-state index >= 15 is 0 Å². The molecule has 0 aromatic heterocycles. The molecular formula is C9H18OPtSi. The fourth-order valence-electron chi connectivity index (χ4n) is 1.46. The summed E-state index contributed by atoms with van der Waals surface area (Å²) in [5, 5.41) is 0. The summed E-state index contributed by atoms with van der Waals surface area (Å²) in [4.78, 5) is 0. The van der Waals surface area contributed by atoms with Crippen molar-refractivity contribution in [2.75, 3.05) is 6.61 Å². The molecule has 0 N–H and O–H groups in total. The van der Waals surface area contributed by atoms with Gasteiger partial charge in [-0.25, -0.2) is 0 Å². The van der Waals surface area contributed by atoms with E-state index in [1.807, 2.05) is 0 Å². The average molecular weight is 365 g/mol. The summed E-state index contributed by atoms with van der Waals surface area (Å²) < 4.78 is 5.72. The standard InChI is InChI=1S/C9H18OSi.Pt/c1-4-11(2,3)9-7-5-6-8-10-9;/h4,9H,1,5-8H2,2-3H3;. The molecule has 0 saturated carbocycles. The maximum absolute atomic E-state index is 5.72. The summed E-state index contributed by atoms with van der Waals surface area (Å²) in [7, 11) is -1.23. The first-order chi connectivity index (χ1) is 5.17. The molecule has 1 rings (SSSR count). The third kappa shape index (κ3) is 3.16. The first-order valence-electron chi connectivity index (χ1n) is 4.42. The third-order valence-corrected chi connectivity index (χ3v) is 5.70. The number of rotatable bonds is 2. The van der Waals surface area contributed by atoms with Gasteiger partial charge in [-0.05, 0) is 19.3 Å². The molecule has 12 heavy (non-hydrogen) atoms. The molecule has 0 bridgehead atoms. The molecule has 0 aliphatic carbocycles. The van der Waals surface area contributed by atoms with Crippen LogP contribution in [0.1, 0.15) is 19.3 Å². The Hall–Kier alpha value is 0.605. The van der Waals surface area contributed by atoms with Crippen molar-refractivity contribution in [3.05, 3.63) is 12.3 Å². The van der Waals surface area contributed by atoms with Crippen LogP contribution in [0.4, 0.5) is 0 Å². The molecule has 74 valence electrons. The van der Waals surface area contributed by atoms with Gasteiger partial charge in [0.05, 0.1) is 5.73 Å². The van der Waals surface area contributed by atoms with Crippen LogP contribution in [0.5, 0.6) is 0 Å². The van der Waals surface area contributed by atoms with Crippen LogP contribution in [0.2, 0.25) is 13.1 Å². The van der Waals surface area contributed by atoms with Crippen LogP contribution in [-0.4, -0.2) is 20.4 Å². The Labute approximate surface area is 90.8 Å². The molecular weight excluding hydrogens is 347 g/mol. The Morgan fingerprint density at radius 1 is 1.42 bits per heavy atom. The molecule has 0 radical (unpaired) electrons. The van der Waals surface area contributed by atoms with E-state index in [1.165, 1.54) is 19.3 Å². The predicted molar refractivity (Wildman–Crippen MR) is 51.3 cm³/mol. The van der Waals surface area contributed by atoms with Gasteiger partial charge in [-0.1, -0.05) is 18.8 Å². The van der Waals surface area contributed by atoms with Gasteiger partial charge in [-0.3, -0.25) is 0 Å². The van der Waals surface area contributed by atoms with Gasteiger partial charge in [0, 0.05) is 27.7 Å². The topological polar surface area (TPSA) is 9.23 Å². The Morgan fingerprint density at radius 2 is 2.08 bits per heavy atom. The van der Waals surface area contributed by atoms with Gasteiger partial charge in [0.15, 0.2) is 0 Å². The second kappa shape index (κ2) is 5.36. The largest absolute Gasteiger partial charge is 0.381 e. The van der Waals surface area contributed by atoms with Crippen molar-refractivity contribution >= 4 is 8.07 Å². The minimum atomic E-state index is -1.23. The van der Waals surface area contributed by atoms with Gasteiger partial charge < -0.3 is 4.74 Å². The van der Waals surface area contributed by atoms with Gasteiger partial charge >= 0.3 is 0 Å². The zero-order valence-corrected chi connectivity index (χ0v) is 11.2. The maximum Gasteiger partial charge on any atom is 0.104 e. The number of ether oxygens (including phenoxy) is 1. The van der Waals surface area contributed by atoms with E-state index in [2.05, 4.69) is 25.4 Å². The molecule has 1 saturated heterocycles. The quantitative estimate of drug-likeness (QED) is 0.684. The molecule has 1 aliphatic heterocycles. The number of hydrogen-bond donors (Lipinski definition) is 0. The van der Waals surface area contributed by atoms with E-state index in [-0.39, 0.29) is 21.1 Å². The van der Waals surface area contributed by atoms with E-state index in [9.17, 15) is 0 Å². The minimum Gasteiger partial charge on any atom is -0.381 e. The van der Waals surface area contributed by atoms with E-state index in [0.717, 1.165) is 6.61 Å². The van der Waals surface area contributed by atoms with E-state index < -0.39 is 8.07 Å². The Kier molecular flexibility index (Phi) is 5.63. The summed E-state index contributed by atoms with van der Waals surface area (Å²) in [6.07, 6.45) is 3.85. The Balaban J connectivity index is 0.00000121. The fraction of sp³-hybridized carbons (Fsp3) is 0.778. The summed E-state index contributed by atoms with van der Waals surface area (Å²) in [6.45, 7) is 9.52. The van der Waals surface area contributed by atoms with Gasteiger partial charge in [0.25, 0.3) is 0 Å². The SMILES string of the molecule is C=C[Si](C)(C)C1CCCCO1.[Pt]. The van der Waals surface area contributed by atoms with E-state index in [0.29, 0.717) is 5.73 Å². The van der Waals surface area contributed by atoms with Crippen LogP contribution in [-0.2, 0) is 25.8 Å². The van der Waals surface area contributed by atoms with Gasteiger partial charge in [0.1, 0.15) is 8.07 Å². The molecule has 1 heterocycles. The molecule has 1 aliphatic rings. The van der Waals surface area contributed by atoms with Gasteiger partial charge in [-0.15, -0.1) is 6.58 Å². The minimum absolute atomic E-state index is 0. The second-order valence-corrected chi connectivity index (χ2v) is 8.58. The van der Waals surface area contributed by atoms with Crippen LogP contribution >= 0.6 is 0 Å². The molecule has 3 heteroatoms. The van der Waals surface area contributed by atoms with Crippen molar-refractivity contribution in [2.45, 2.75) is 38.1 Å². The zero-order chi connectivity index (χ0) is 8.32. The van der Waals surface area contributed by atoms with Crippen molar-refractivity contribution in [1.29, 1.82) is 0 Å². The maximum atomic E-state index is 5.72. The molecule has 0 aromatic carbocycles. The number of hydrogen-bond acceptors (Lipinski definition) is 1. The molecule has 0 amide bonds. The summed E-state index contributed by atoms with van der Waals surface area (Å²) >= 11 is 0. The summed E-state index contributed by atoms with van der Waals surface area (Å²) in [5.74, 6) is 0. The first kappa shape index (κ1) is 12.6. The van der Waals surface area contributed by atoms with Crippen molar-refractivity contribution in [2.24, 2.45) is 0 Å². The van der Waals surface area contributed by atoms with Gasteiger partial charge in [0.2, 0.25) is 0 Å². The fourth-order valence-corrected chi connectivity index (χ4v) is 3.22. The zero-order valence-electron chi connectivity index (χ0n) is 7.91. The third-order valence-electron chi connectivity index (χ3n) is 2.54. The molecule has 1 atom stereocenters. The van der Waals surface area contributed by atoms with Crippen LogP contribution in [0.3, 0.4) is 0 Å². The first-order valence-corrected chi connectivity index (χ1v) is 7.57. The average Bonchev–Trinajstić information content (AvgIpc) is 2.06. The molecule has 1 nitrogen and oxygen atoms in total. The monoisotopic (exact) mass is 365 g/mol. The second-order valence-electron chi connectivity index (χ2n) is 3.88. The van der Waals surface area contributed by atoms with Crippen LogP contribution in [0, 0.1) is 0 Å². The van der Waals surface area contributed by atoms with Crippen molar-refractivity contribution in [3.8, 4) is 0 Å². The summed E-state index contributed by atoms with van der Waals surface area (Å²) in [5.41, 5.74) is 2.68. The normalized spacial score (nSPS) is 24.3. The Morgan fingerprint density at radius 3 is 2.50 bits per heavy atom. The van der Waals surface area contributed by atoms with Crippen molar-refractivity contribution in [1.82, 2.24) is 0 Å². The molecule has 1 unspecified atom stereocenters. The van der Waals surface area contributed by atoms with Crippen LogP contribution in [0.25, 0.3) is 0 Å². The molecule has 0 aromatic rings. The van der Waals surface area contributed by atoms with Crippen LogP contribution < -0.4 is 0 Å².